The second kappa shape index (κ2) is 8.44. The molecule has 9 heteroatoms. The first-order valence-electron chi connectivity index (χ1n) is 10.2. The molecule has 2 atom stereocenters. The Labute approximate surface area is 190 Å². The summed E-state index contributed by atoms with van der Waals surface area (Å²) in [7, 11) is 0. The molecule has 1 N–H and O–H groups in total. The Bertz CT molecular complexity index is 1090. The third kappa shape index (κ3) is 3.94. The normalized spacial score (nSPS) is 21.5. The van der Waals surface area contributed by atoms with E-state index in [1.54, 1.807) is 17.8 Å². The minimum absolute atomic E-state index is 0.0890. The van der Waals surface area contributed by atoms with Crippen LogP contribution in [-0.4, -0.2) is 54.8 Å². The number of hydrogen-bond donors (Lipinski definition) is 1. The fraction of sp³-hybridized carbons (Fsp3) is 0.455. The minimum Gasteiger partial charge on any atom is -0.464 e. The molecule has 0 saturated carbocycles. The van der Waals surface area contributed by atoms with Crippen LogP contribution in [0, 0.1) is 0 Å². The van der Waals surface area contributed by atoms with Crippen molar-refractivity contribution in [1.82, 2.24) is 19.5 Å². The zero-order valence-corrected chi connectivity index (χ0v) is 19.7. The van der Waals surface area contributed by atoms with Gasteiger partial charge in [-0.15, -0.1) is 0 Å². The SMILES string of the molecule is CCOC(=O)C1(n2cnc3c(Sc4ccc(C(C)(C)C)cc4)ncnc32)CSCC1O. The molecule has 1 aliphatic heterocycles. The average molecular weight is 459 g/mol. The minimum atomic E-state index is -1.24. The second-order valence-electron chi connectivity index (χ2n) is 8.52. The number of benzene rings is 1. The van der Waals surface area contributed by atoms with Crippen LogP contribution in [0.3, 0.4) is 0 Å². The van der Waals surface area contributed by atoms with E-state index in [0.717, 1.165) is 4.90 Å². The van der Waals surface area contributed by atoms with E-state index in [-0.39, 0.29) is 12.0 Å². The molecule has 0 amide bonds. The van der Waals surface area contributed by atoms with Gasteiger partial charge in [-0.3, -0.25) is 4.57 Å². The molecule has 1 saturated heterocycles. The van der Waals surface area contributed by atoms with Crippen molar-refractivity contribution in [2.45, 2.75) is 54.7 Å². The first-order valence-corrected chi connectivity index (χ1v) is 12.1. The van der Waals surface area contributed by atoms with Gasteiger partial charge in [0.2, 0.25) is 0 Å². The molecule has 2 aromatic heterocycles. The molecule has 3 aromatic rings. The van der Waals surface area contributed by atoms with Crippen molar-refractivity contribution in [3.05, 3.63) is 42.5 Å². The van der Waals surface area contributed by atoms with Crippen molar-refractivity contribution in [1.29, 1.82) is 0 Å². The Kier molecular flexibility index (Phi) is 6.02. The summed E-state index contributed by atoms with van der Waals surface area (Å²) in [6.45, 7) is 8.56. The van der Waals surface area contributed by atoms with Crippen molar-refractivity contribution < 1.29 is 14.6 Å². The Hall–Kier alpha value is -2.10. The van der Waals surface area contributed by atoms with Crippen LogP contribution in [0.2, 0.25) is 0 Å². The highest BCUT2D eigenvalue weighted by atomic mass is 32.2. The third-order valence-corrected chi connectivity index (χ3v) is 7.64. The molecule has 1 aromatic carbocycles. The number of aliphatic hydroxyl groups is 1. The number of nitrogens with zero attached hydrogens (tertiary/aromatic N) is 4. The van der Waals surface area contributed by atoms with E-state index in [1.807, 2.05) is 0 Å². The van der Waals surface area contributed by atoms with Crippen LogP contribution in [0.5, 0.6) is 0 Å². The van der Waals surface area contributed by atoms with Gasteiger partial charge >= 0.3 is 5.97 Å². The van der Waals surface area contributed by atoms with Crippen molar-refractivity contribution in [2.24, 2.45) is 0 Å². The van der Waals surface area contributed by atoms with Crippen molar-refractivity contribution >= 4 is 40.7 Å². The smallest absolute Gasteiger partial charge is 0.336 e. The average Bonchev–Trinajstić information content (AvgIpc) is 3.33. The van der Waals surface area contributed by atoms with Gasteiger partial charge in [-0.1, -0.05) is 44.7 Å². The maximum absolute atomic E-state index is 12.9. The summed E-state index contributed by atoms with van der Waals surface area (Å²) in [5.74, 6) is 0.391. The fourth-order valence-electron chi connectivity index (χ4n) is 3.65. The molecule has 0 bridgehead atoms. The lowest BCUT2D eigenvalue weighted by Crippen LogP contribution is -2.51. The Morgan fingerprint density at radius 2 is 2.03 bits per heavy atom. The van der Waals surface area contributed by atoms with Gasteiger partial charge < -0.3 is 9.84 Å². The van der Waals surface area contributed by atoms with Crippen molar-refractivity contribution in [3.63, 3.8) is 0 Å². The summed E-state index contributed by atoms with van der Waals surface area (Å²) in [6.07, 6.45) is 2.16. The molecule has 31 heavy (non-hydrogen) atoms. The molecule has 0 spiro atoms. The summed E-state index contributed by atoms with van der Waals surface area (Å²) in [4.78, 5) is 27.3. The molecule has 1 fully saturated rings. The summed E-state index contributed by atoms with van der Waals surface area (Å²) in [5.41, 5.74) is 1.22. The second-order valence-corrected chi connectivity index (χ2v) is 10.6. The van der Waals surface area contributed by atoms with Gasteiger partial charge in [0.15, 0.2) is 11.2 Å². The van der Waals surface area contributed by atoms with Crippen LogP contribution in [0.15, 0.2) is 46.8 Å². The van der Waals surface area contributed by atoms with Crippen molar-refractivity contribution in [2.75, 3.05) is 18.1 Å². The zero-order valence-electron chi connectivity index (χ0n) is 18.0. The van der Waals surface area contributed by atoms with E-state index >= 15 is 0 Å². The summed E-state index contributed by atoms with van der Waals surface area (Å²) >= 11 is 3.01. The molecule has 1 aliphatic rings. The lowest BCUT2D eigenvalue weighted by molar-refractivity contribution is -0.157. The highest BCUT2D eigenvalue weighted by molar-refractivity contribution is 7.99. The van der Waals surface area contributed by atoms with Crippen LogP contribution in [-0.2, 0) is 20.5 Å². The maximum atomic E-state index is 12.9. The number of esters is 1. The topological polar surface area (TPSA) is 90.1 Å². The van der Waals surface area contributed by atoms with Gasteiger partial charge in [0.05, 0.1) is 19.0 Å². The molecule has 4 rings (SSSR count). The summed E-state index contributed by atoms with van der Waals surface area (Å²) in [6, 6.07) is 8.41. The fourth-order valence-corrected chi connectivity index (χ4v) is 5.87. The molecule has 3 heterocycles. The number of hydrogen-bond acceptors (Lipinski definition) is 8. The zero-order chi connectivity index (χ0) is 22.2. The lowest BCUT2D eigenvalue weighted by atomic mass is 9.87. The monoisotopic (exact) mass is 458 g/mol. The molecule has 2 unspecified atom stereocenters. The Morgan fingerprint density at radius 1 is 1.29 bits per heavy atom. The Morgan fingerprint density at radius 3 is 2.65 bits per heavy atom. The first-order chi connectivity index (χ1) is 14.8. The van der Waals surface area contributed by atoms with Crippen LogP contribution >= 0.6 is 23.5 Å². The van der Waals surface area contributed by atoms with Gasteiger partial charge in [0.1, 0.15) is 16.9 Å². The highest BCUT2D eigenvalue weighted by Crippen LogP contribution is 2.39. The lowest BCUT2D eigenvalue weighted by Gasteiger charge is -2.30. The van der Waals surface area contributed by atoms with Gasteiger partial charge in [0.25, 0.3) is 0 Å². The largest absolute Gasteiger partial charge is 0.464 e. The molecular formula is C22H26N4O3S2. The molecular weight excluding hydrogens is 432 g/mol. The molecule has 7 nitrogen and oxygen atoms in total. The van der Waals surface area contributed by atoms with E-state index in [0.29, 0.717) is 27.7 Å². The van der Waals surface area contributed by atoms with Gasteiger partial charge in [0, 0.05) is 16.4 Å². The van der Waals surface area contributed by atoms with Crippen molar-refractivity contribution in [3.8, 4) is 0 Å². The van der Waals surface area contributed by atoms with Gasteiger partial charge in [-0.05, 0) is 30.0 Å². The van der Waals surface area contributed by atoms with Gasteiger partial charge in [-0.25, -0.2) is 19.7 Å². The predicted molar refractivity (Wildman–Crippen MR) is 123 cm³/mol. The first kappa shape index (κ1) is 22.1. The number of carbonyl (C=O) groups is 1. The third-order valence-electron chi connectivity index (χ3n) is 5.44. The van der Waals surface area contributed by atoms with E-state index in [1.165, 1.54) is 35.4 Å². The number of ether oxygens (including phenoxy) is 1. The number of rotatable bonds is 5. The molecule has 0 aliphatic carbocycles. The van der Waals surface area contributed by atoms with E-state index in [4.69, 9.17) is 4.74 Å². The highest BCUT2D eigenvalue weighted by Gasteiger charge is 2.53. The number of aliphatic hydroxyl groups excluding tert-OH is 1. The van der Waals surface area contributed by atoms with Crippen LogP contribution in [0.1, 0.15) is 33.3 Å². The molecule has 0 radical (unpaired) electrons. The quantitative estimate of drug-likeness (QED) is 0.458. The number of carbonyl (C=O) groups excluding carboxylic acids is 1. The predicted octanol–water partition coefficient (Wildman–Crippen LogP) is 3.64. The van der Waals surface area contributed by atoms with Crippen LogP contribution in [0.4, 0.5) is 0 Å². The van der Waals surface area contributed by atoms with E-state index < -0.39 is 17.6 Å². The number of aromatic nitrogens is 4. The number of fused-ring (bicyclic) bond motifs is 1. The summed E-state index contributed by atoms with van der Waals surface area (Å²) < 4.78 is 6.99. The maximum Gasteiger partial charge on any atom is 0.336 e. The number of imidazole rings is 1. The molecule has 164 valence electrons. The Balaban J connectivity index is 1.72. The van der Waals surface area contributed by atoms with Crippen LogP contribution in [0.25, 0.3) is 11.2 Å². The van der Waals surface area contributed by atoms with E-state index in [2.05, 4.69) is 60.0 Å². The van der Waals surface area contributed by atoms with Crippen LogP contribution < -0.4 is 0 Å². The summed E-state index contributed by atoms with van der Waals surface area (Å²) in [5, 5.41) is 11.4. The van der Waals surface area contributed by atoms with E-state index in [9.17, 15) is 9.90 Å². The standard InChI is InChI=1S/C22H26N4O3S2/c1-5-29-20(28)22(11-30-10-16(22)27)26-13-25-17-18(26)23-12-24-19(17)31-15-8-6-14(7-9-15)21(2,3)4/h6-9,12-13,16,27H,5,10-11H2,1-4H3. The van der Waals surface area contributed by atoms with Gasteiger partial charge in [-0.2, -0.15) is 11.8 Å². The number of thioether (sulfide) groups is 1.